The summed E-state index contributed by atoms with van der Waals surface area (Å²) in [6, 6.07) is 5.87. The van der Waals surface area contributed by atoms with E-state index in [1.807, 2.05) is 18.2 Å². The molecule has 0 aliphatic rings. The molecule has 0 amide bonds. The Morgan fingerprint density at radius 1 is 1.32 bits per heavy atom. The third-order valence-corrected chi connectivity index (χ3v) is 3.73. The normalized spacial score (nSPS) is 13.1. The number of nitrogens with two attached hydrogens (primary N) is 1. The maximum atomic E-state index is 6.18. The highest BCUT2D eigenvalue weighted by Crippen LogP contribution is 2.24. The number of hydrogen-bond donors (Lipinski definition) is 1. The van der Waals surface area contributed by atoms with Crippen LogP contribution in [0.2, 0.25) is 5.02 Å². The molecular formula is C15H22ClN3. The molecular weight excluding hydrogens is 258 g/mol. The Labute approximate surface area is 119 Å². The number of unbranched alkanes of at least 4 members (excludes halogenated alkanes) is 2. The SMILES string of the molecule is CCCCCn1c(C(N)CC)nc2cc(Cl)ccc21. The second kappa shape index (κ2) is 6.40. The molecule has 1 aromatic heterocycles. The molecule has 4 heteroatoms. The molecule has 19 heavy (non-hydrogen) atoms. The Bertz CT molecular complexity index is 548. The van der Waals surface area contributed by atoms with Crippen molar-refractivity contribution in [2.75, 3.05) is 0 Å². The number of halogens is 1. The second-order valence-electron chi connectivity index (χ2n) is 4.98. The fraction of sp³-hybridized carbons (Fsp3) is 0.533. The minimum absolute atomic E-state index is 0.00666. The first-order valence-corrected chi connectivity index (χ1v) is 7.46. The number of benzene rings is 1. The number of fused-ring (bicyclic) bond motifs is 1. The maximum Gasteiger partial charge on any atom is 0.126 e. The molecule has 2 N–H and O–H groups in total. The molecule has 2 aromatic rings. The van der Waals surface area contributed by atoms with E-state index in [-0.39, 0.29) is 6.04 Å². The number of imidazole rings is 1. The number of hydrogen-bond acceptors (Lipinski definition) is 2. The van der Waals surface area contributed by atoms with E-state index in [1.54, 1.807) is 0 Å². The van der Waals surface area contributed by atoms with Gasteiger partial charge in [0, 0.05) is 11.6 Å². The highest BCUT2D eigenvalue weighted by atomic mass is 35.5. The first kappa shape index (κ1) is 14.4. The van der Waals surface area contributed by atoms with Crippen LogP contribution >= 0.6 is 11.6 Å². The Balaban J connectivity index is 2.42. The van der Waals surface area contributed by atoms with Crippen molar-refractivity contribution in [3.05, 3.63) is 29.0 Å². The molecule has 3 nitrogen and oxygen atoms in total. The van der Waals surface area contributed by atoms with E-state index < -0.39 is 0 Å². The van der Waals surface area contributed by atoms with Gasteiger partial charge in [0.1, 0.15) is 5.82 Å². The van der Waals surface area contributed by atoms with Gasteiger partial charge in [0.15, 0.2) is 0 Å². The average molecular weight is 280 g/mol. The summed E-state index contributed by atoms with van der Waals surface area (Å²) >= 11 is 6.04. The van der Waals surface area contributed by atoms with E-state index in [0.29, 0.717) is 0 Å². The Kier molecular flexibility index (Phi) is 4.83. The summed E-state index contributed by atoms with van der Waals surface area (Å²) in [5.74, 6) is 0.982. The van der Waals surface area contributed by atoms with Gasteiger partial charge in [-0.3, -0.25) is 0 Å². The fourth-order valence-electron chi connectivity index (χ4n) is 2.34. The zero-order valence-electron chi connectivity index (χ0n) is 11.7. The molecule has 0 spiro atoms. The number of nitrogens with zero attached hydrogens (tertiary/aromatic N) is 2. The molecule has 104 valence electrons. The number of aryl methyl sites for hydroxylation is 1. The molecule has 0 saturated carbocycles. The van der Waals surface area contributed by atoms with E-state index in [2.05, 4.69) is 23.4 Å². The lowest BCUT2D eigenvalue weighted by atomic mass is 10.2. The van der Waals surface area contributed by atoms with Crippen molar-refractivity contribution >= 4 is 22.6 Å². The number of aromatic nitrogens is 2. The lowest BCUT2D eigenvalue weighted by Crippen LogP contribution is -2.16. The second-order valence-corrected chi connectivity index (χ2v) is 5.41. The van der Waals surface area contributed by atoms with Gasteiger partial charge in [0.05, 0.1) is 17.1 Å². The summed E-state index contributed by atoms with van der Waals surface area (Å²) in [5.41, 5.74) is 8.27. The maximum absolute atomic E-state index is 6.18. The first-order chi connectivity index (χ1) is 9.17. The monoisotopic (exact) mass is 279 g/mol. The topological polar surface area (TPSA) is 43.8 Å². The van der Waals surface area contributed by atoms with Gasteiger partial charge >= 0.3 is 0 Å². The van der Waals surface area contributed by atoms with Crippen LogP contribution < -0.4 is 5.73 Å². The molecule has 0 saturated heterocycles. The van der Waals surface area contributed by atoms with Gasteiger partial charge in [-0.15, -0.1) is 0 Å². The van der Waals surface area contributed by atoms with Gasteiger partial charge in [-0.25, -0.2) is 4.98 Å². The van der Waals surface area contributed by atoms with Crippen LogP contribution in [0.25, 0.3) is 11.0 Å². The van der Waals surface area contributed by atoms with Gasteiger partial charge < -0.3 is 10.3 Å². The molecule has 0 aliphatic heterocycles. The van der Waals surface area contributed by atoms with Crippen molar-refractivity contribution in [1.82, 2.24) is 9.55 Å². The zero-order chi connectivity index (χ0) is 13.8. The summed E-state index contributed by atoms with van der Waals surface area (Å²) in [6.45, 7) is 5.28. The van der Waals surface area contributed by atoms with Crippen LogP contribution in [-0.4, -0.2) is 9.55 Å². The van der Waals surface area contributed by atoms with E-state index in [9.17, 15) is 0 Å². The summed E-state index contributed by atoms with van der Waals surface area (Å²) in [4.78, 5) is 4.68. The van der Waals surface area contributed by atoms with Crippen LogP contribution in [0.1, 0.15) is 51.4 Å². The van der Waals surface area contributed by atoms with Crippen LogP contribution in [-0.2, 0) is 6.54 Å². The fourth-order valence-corrected chi connectivity index (χ4v) is 2.51. The highest BCUT2D eigenvalue weighted by molar-refractivity contribution is 6.31. The van der Waals surface area contributed by atoms with Gasteiger partial charge in [-0.2, -0.15) is 0 Å². The van der Waals surface area contributed by atoms with Crippen molar-refractivity contribution in [3.8, 4) is 0 Å². The minimum atomic E-state index is -0.00666. The van der Waals surface area contributed by atoms with Crippen molar-refractivity contribution in [2.24, 2.45) is 5.73 Å². The Morgan fingerprint density at radius 3 is 2.79 bits per heavy atom. The molecule has 1 heterocycles. The van der Waals surface area contributed by atoms with Gasteiger partial charge in [0.2, 0.25) is 0 Å². The van der Waals surface area contributed by atoms with Crippen molar-refractivity contribution in [3.63, 3.8) is 0 Å². The predicted molar refractivity (Wildman–Crippen MR) is 81.5 cm³/mol. The van der Waals surface area contributed by atoms with E-state index in [0.717, 1.165) is 41.3 Å². The average Bonchev–Trinajstić information content (AvgIpc) is 2.76. The summed E-state index contributed by atoms with van der Waals surface area (Å²) in [6.07, 6.45) is 4.50. The molecule has 0 fully saturated rings. The predicted octanol–water partition coefficient (Wildman–Crippen LogP) is 4.29. The summed E-state index contributed by atoms with van der Waals surface area (Å²) < 4.78 is 2.26. The van der Waals surface area contributed by atoms with Gasteiger partial charge in [-0.05, 0) is 31.0 Å². The molecule has 1 unspecified atom stereocenters. The minimum Gasteiger partial charge on any atom is -0.327 e. The molecule has 1 atom stereocenters. The number of rotatable bonds is 6. The molecule has 0 aliphatic carbocycles. The molecule has 0 bridgehead atoms. The van der Waals surface area contributed by atoms with Crippen molar-refractivity contribution < 1.29 is 0 Å². The first-order valence-electron chi connectivity index (χ1n) is 7.08. The van der Waals surface area contributed by atoms with Crippen LogP contribution in [0.3, 0.4) is 0 Å². The highest BCUT2D eigenvalue weighted by Gasteiger charge is 2.15. The largest absolute Gasteiger partial charge is 0.327 e. The molecule has 2 rings (SSSR count). The van der Waals surface area contributed by atoms with Crippen LogP contribution in [0.4, 0.5) is 0 Å². The van der Waals surface area contributed by atoms with Crippen LogP contribution in [0.5, 0.6) is 0 Å². The van der Waals surface area contributed by atoms with Crippen LogP contribution in [0, 0.1) is 0 Å². The van der Waals surface area contributed by atoms with E-state index in [1.165, 1.54) is 12.8 Å². The van der Waals surface area contributed by atoms with E-state index in [4.69, 9.17) is 17.3 Å². The lowest BCUT2D eigenvalue weighted by molar-refractivity contribution is 0.549. The Hall–Kier alpha value is -1.06. The van der Waals surface area contributed by atoms with Gasteiger partial charge in [0.25, 0.3) is 0 Å². The third-order valence-electron chi connectivity index (χ3n) is 3.50. The Morgan fingerprint density at radius 2 is 2.11 bits per heavy atom. The molecule has 0 radical (unpaired) electrons. The van der Waals surface area contributed by atoms with Crippen molar-refractivity contribution in [1.29, 1.82) is 0 Å². The molecule has 1 aromatic carbocycles. The van der Waals surface area contributed by atoms with E-state index >= 15 is 0 Å². The summed E-state index contributed by atoms with van der Waals surface area (Å²) in [7, 11) is 0. The standard InChI is InChI=1S/C15H22ClN3/c1-3-5-6-9-19-14-8-7-11(16)10-13(14)18-15(19)12(17)4-2/h7-8,10,12H,3-6,9,17H2,1-2H3. The zero-order valence-corrected chi connectivity index (χ0v) is 12.5. The van der Waals surface area contributed by atoms with Gasteiger partial charge in [-0.1, -0.05) is 38.3 Å². The lowest BCUT2D eigenvalue weighted by Gasteiger charge is -2.13. The smallest absolute Gasteiger partial charge is 0.126 e. The quantitative estimate of drug-likeness (QED) is 0.802. The third kappa shape index (κ3) is 3.10. The van der Waals surface area contributed by atoms with Crippen molar-refractivity contribution in [2.45, 2.75) is 52.1 Å². The van der Waals surface area contributed by atoms with Crippen LogP contribution in [0.15, 0.2) is 18.2 Å². The summed E-state index contributed by atoms with van der Waals surface area (Å²) in [5, 5.41) is 0.724.